The van der Waals surface area contributed by atoms with Gasteiger partial charge in [-0.05, 0) is 33.3 Å². The minimum Gasteiger partial charge on any atom is -0.466 e. The molecule has 0 spiro atoms. The minimum atomic E-state index is -0.203. The van der Waals surface area contributed by atoms with Gasteiger partial charge in [-0.25, -0.2) is 9.67 Å². The largest absolute Gasteiger partial charge is 0.466 e. The predicted octanol–water partition coefficient (Wildman–Crippen LogP) is 2.39. The number of aryl methyl sites for hydroxylation is 3. The Hall–Kier alpha value is -2.11. The van der Waals surface area contributed by atoms with Crippen molar-refractivity contribution in [3.8, 4) is 0 Å². The van der Waals surface area contributed by atoms with E-state index in [0.717, 1.165) is 24.6 Å². The van der Waals surface area contributed by atoms with Gasteiger partial charge in [0.05, 0.1) is 11.6 Å². The number of hydrogen-bond donors (Lipinski definition) is 1. The molecule has 2 aromatic heterocycles. The lowest BCUT2D eigenvalue weighted by Crippen LogP contribution is -2.29. The molecule has 108 valence electrons. The maximum atomic E-state index is 12.2. The second-order valence-corrected chi connectivity index (χ2v) is 4.86. The summed E-state index contributed by atoms with van der Waals surface area (Å²) in [6, 6.07) is 1.54. The van der Waals surface area contributed by atoms with E-state index in [4.69, 9.17) is 4.42 Å². The summed E-state index contributed by atoms with van der Waals surface area (Å²) in [5.41, 5.74) is 0.566. The van der Waals surface area contributed by atoms with E-state index < -0.39 is 0 Å². The monoisotopic (exact) mass is 276 g/mol. The summed E-state index contributed by atoms with van der Waals surface area (Å²) in [4.78, 5) is 16.4. The van der Waals surface area contributed by atoms with Gasteiger partial charge in [-0.2, -0.15) is 5.10 Å². The molecule has 6 heteroatoms. The zero-order valence-electron chi connectivity index (χ0n) is 12.3. The average molecular weight is 276 g/mol. The lowest BCUT2D eigenvalue weighted by Gasteiger charge is -2.14. The molecule has 20 heavy (non-hydrogen) atoms. The highest BCUT2D eigenvalue weighted by Crippen LogP contribution is 2.16. The van der Waals surface area contributed by atoms with Crippen LogP contribution in [-0.4, -0.2) is 20.7 Å². The van der Waals surface area contributed by atoms with Crippen molar-refractivity contribution in [3.63, 3.8) is 0 Å². The van der Waals surface area contributed by atoms with E-state index in [-0.39, 0.29) is 11.9 Å². The zero-order chi connectivity index (χ0) is 14.7. The number of nitrogens with one attached hydrogen (secondary N) is 1. The molecule has 1 amide bonds. The van der Waals surface area contributed by atoms with E-state index in [9.17, 15) is 4.79 Å². The summed E-state index contributed by atoms with van der Waals surface area (Å²) in [5.74, 6) is 1.97. The highest BCUT2D eigenvalue weighted by atomic mass is 16.3. The predicted molar refractivity (Wildman–Crippen MR) is 74.4 cm³/mol. The third-order valence-electron chi connectivity index (χ3n) is 3.10. The summed E-state index contributed by atoms with van der Waals surface area (Å²) in [6.45, 7) is 8.37. The highest BCUT2D eigenvalue weighted by Gasteiger charge is 2.19. The molecule has 1 N–H and O–H groups in total. The van der Waals surface area contributed by atoms with Crippen molar-refractivity contribution in [3.05, 3.63) is 35.3 Å². The molecule has 0 aromatic carbocycles. The summed E-state index contributed by atoms with van der Waals surface area (Å²) < 4.78 is 7.19. The van der Waals surface area contributed by atoms with Crippen LogP contribution < -0.4 is 5.32 Å². The van der Waals surface area contributed by atoms with Crippen LogP contribution in [0.3, 0.4) is 0 Å². The lowest BCUT2D eigenvalue weighted by molar-refractivity contribution is 0.0936. The molecule has 0 aliphatic rings. The molecule has 1 atom stereocenters. The summed E-state index contributed by atoms with van der Waals surface area (Å²) in [6.07, 6.45) is 2.48. The van der Waals surface area contributed by atoms with Crippen molar-refractivity contribution in [2.75, 3.05) is 0 Å². The van der Waals surface area contributed by atoms with Gasteiger partial charge in [0.1, 0.15) is 23.7 Å². The Morgan fingerprint density at radius 2 is 2.25 bits per heavy atom. The first-order valence-corrected chi connectivity index (χ1v) is 6.78. The van der Waals surface area contributed by atoms with Crippen molar-refractivity contribution in [2.45, 2.75) is 46.7 Å². The standard InChI is InChI=1S/C14H20N4O2/c1-5-6-18-13(15-8-16-18)10(3)17-14(19)12-7-9(2)20-11(12)4/h7-8,10H,5-6H2,1-4H3,(H,17,19)/t10-/m1/s1. The second kappa shape index (κ2) is 5.90. The average Bonchev–Trinajstić information content (AvgIpc) is 2.96. The maximum absolute atomic E-state index is 12.2. The Kier molecular flexibility index (Phi) is 4.22. The van der Waals surface area contributed by atoms with Crippen LogP contribution >= 0.6 is 0 Å². The van der Waals surface area contributed by atoms with Gasteiger partial charge in [0, 0.05) is 6.54 Å². The number of rotatable bonds is 5. The van der Waals surface area contributed by atoms with Crippen LogP contribution in [0.1, 0.15) is 54.0 Å². The number of nitrogens with zero attached hydrogens (tertiary/aromatic N) is 3. The van der Waals surface area contributed by atoms with Gasteiger partial charge >= 0.3 is 0 Å². The summed E-state index contributed by atoms with van der Waals surface area (Å²) in [7, 11) is 0. The lowest BCUT2D eigenvalue weighted by atomic mass is 10.2. The fourth-order valence-electron chi connectivity index (χ4n) is 2.19. The second-order valence-electron chi connectivity index (χ2n) is 4.86. The summed E-state index contributed by atoms with van der Waals surface area (Å²) in [5, 5.41) is 7.09. The third kappa shape index (κ3) is 2.89. The van der Waals surface area contributed by atoms with Gasteiger partial charge in [-0.3, -0.25) is 4.79 Å². The van der Waals surface area contributed by atoms with Crippen LogP contribution in [0.25, 0.3) is 0 Å². The third-order valence-corrected chi connectivity index (χ3v) is 3.10. The quantitative estimate of drug-likeness (QED) is 0.910. The molecular weight excluding hydrogens is 256 g/mol. The molecular formula is C14H20N4O2. The first kappa shape index (κ1) is 14.3. The van der Waals surface area contributed by atoms with Crippen molar-refractivity contribution < 1.29 is 9.21 Å². The molecule has 2 rings (SSSR count). The summed E-state index contributed by atoms with van der Waals surface area (Å²) >= 11 is 0. The van der Waals surface area contributed by atoms with Gasteiger partial charge in [0.2, 0.25) is 0 Å². The molecule has 0 fully saturated rings. The normalized spacial score (nSPS) is 12.4. The van der Waals surface area contributed by atoms with Crippen molar-refractivity contribution in [1.82, 2.24) is 20.1 Å². The number of carbonyl (C=O) groups is 1. The van der Waals surface area contributed by atoms with E-state index in [0.29, 0.717) is 11.3 Å². The maximum Gasteiger partial charge on any atom is 0.255 e. The number of carbonyl (C=O) groups excluding carboxylic acids is 1. The first-order valence-electron chi connectivity index (χ1n) is 6.78. The van der Waals surface area contributed by atoms with Crippen LogP contribution in [0, 0.1) is 13.8 Å². The van der Waals surface area contributed by atoms with Crippen molar-refractivity contribution in [1.29, 1.82) is 0 Å². The Labute approximate surface area is 118 Å². The van der Waals surface area contributed by atoms with Gasteiger partial charge in [0.15, 0.2) is 0 Å². The minimum absolute atomic E-state index is 0.155. The molecule has 0 bridgehead atoms. The van der Waals surface area contributed by atoms with E-state index in [1.807, 2.05) is 18.5 Å². The molecule has 2 aromatic rings. The molecule has 0 saturated carbocycles. The molecule has 0 radical (unpaired) electrons. The van der Waals surface area contributed by atoms with Gasteiger partial charge in [0.25, 0.3) is 5.91 Å². The fourth-order valence-corrected chi connectivity index (χ4v) is 2.19. The zero-order valence-corrected chi connectivity index (χ0v) is 12.3. The van der Waals surface area contributed by atoms with Crippen LogP contribution in [-0.2, 0) is 6.54 Å². The van der Waals surface area contributed by atoms with Crippen LogP contribution in [0.2, 0.25) is 0 Å². The van der Waals surface area contributed by atoms with E-state index in [1.165, 1.54) is 6.33 Å². The first-order chi connectivity index (χ1) is 9.52. The van der Waals surface area contributed by atoms with Crippen LogP contribution in [0.4, 0.5) is 0 Å². The number of furan rings is 1. The topological polar surface area (TPSA) is 73.0 Å². The van der Waals surface area contributed by atoms with Crippen molar-refractivity contribution >= 4 is 5.91 Å². The Morgan fingerprint density at radius 3 is 2.85 bits per heavy atom. The van der Waals surface area contributed by atoms with Gasteiger partial charge < -0.3 is 9.73 Å². The highest BCUT2D eigenvalue weighted by molar-refractivity contribution is 5.95. The number of amides is 1. The molecule has 6 nitrogen and oxygen atoms in total. The molecule has 0 unspecified atom stereocenters. The SMILES string of the molecule is CCCn1ncnc1[C@@H](C)NC(=O)c1cc(C)oc1C. The fraction of sp³-hybridized carbons (Fsp3) is 0.500. The molecule has 0 aliphatic heterocycles. The van der Waals surface area contributed by atoms with Gasteiger partial charge in [-0.1, -0.05) is 6.92 Å². The Bertz CT molecular complexity index is 600. The Balaban J connectivity index is 2.11. The van der Waals surface area contributed by atoms with Crippen LogP contribution in [0.5, 0.6) is 0 Å². The molecule has 0 saturated heterocycles. The van der Waals surface area contributed by atoms with Crippen molar-refractivity contribution in [2.24, 2.45) is 0 Å². The van der Waals surface area contributed by atoms with Gasteiger partial charge in [-0.15, -0.1) is 0 Å². The van der Waals surface area contributed by atoms with E-state index >= 15 is 0 Å². The Morgan fingerprint density at radius 1 is 1.50 bits per heavy atom. The van der Waals surface area contributed by atoms with E-state index in [2.05, 4.69) is 22.3 Å². The molecule has 2 heterocycles. The van der Waals surface area contributed by atoms with E-state index in [1.54, 1.807) is 13.0 Å². The number of aromatic nitrogens is 3. The van der Waals surface area contributed by atoms with Crippen LogP contribution in [0.15, 0.2) is 16.8 Å². The molecule has 0 aliphatic carbocycles. The number of hydrogen-bond acceptors (Lipinski definition) is 4. The smallest absolute Gasteiger partial charge is 0.255 e.